The zero-order valence-electron chi connectivity index (χ0n) is 10.6. The highest BCUT2D eigenvalue weighted by molar-refractivity contribution is 9.11. The zero-order valence-corrected chi connectivity index (χ0v) is 13.8. The third-order valence-electron chi connectivity index (χ3n) is 2.69. The molecule has 0 radical (unpaired) electrons. The van der Waals surface area contributed by atoms with E-state index in [1.165, 1.54) is 0 Å². The van der Waals surface area contributed by atoms with Gasteiger partial charge < -0.3 is 10.4 Å². The first-order valence-corrected chi connectivity index (χ1v) is 7.37. The predicted molar refractivity (Wildman–Crippen MR) is 80.2 cm³/mol. The van der Waals surface area contributed by atoms with Gasteiger partial charge in [-0.3, -0.25) is 9.59 Å². The summed E-state index contributed by atoms with van der Waals surface area (Å²) in [4.78, 5) is 22.9. The molecule has 0 aromatic heterocycles. The van der Waals surface area contributed by atoms with E-state index in [1.807, 2.05) is 19.9 Å². The smallest absolute Gasteiger partial charge is 0.305 e. The molecule has 6 heteroatoms. The summed E-state index contributed by atoms with van der Waals surface area (Å²) < 4.78 is 1.46. The molecule has 1 unspecified atom stereocenters. The minimum Gasteiger partial charge on any atom is -0.481 e. The Kier molecular flexibility index (Phi) is 6.00. The molecule has 1 aromatic rings. The molecular formula is C13H15Br2NO3. The van der Waals surface area contributed by atoms with E-state index in [-0.39, 0.29) is 18.2 Å². The Hall–Kier alpha value is -0.880. The van der Waals surface area contributed by atoms with Gasteiger partial charge in [0, 0.05) is 15.0 Å². The first-order valence-electron chi connectivity index (χ1n) is 5.79. The van der Waals surface area contributed by atoms with Crippen LogP contribution < -0.4 is 5.32 Å². The lowest BCUT2D eigenvalue weighted by Crippen LogP contribution is -2.40. The molecule has 4 nitrogen and oxygen atoms in total. The normalized spacial score (nSPS) is 12.3. The Morgan fingerprint density at radius 2 is 1.95 bits per heavy atom. The summed E-state index contributed by atoms with van der Waals surface area (Å²) in [7, 11) is 0. The summed E-state index contributed by atoms with van der Waals surface area (Å²) in [5.74, 6) is -1.16. The van der Waals surface area contributed by atoms with E-state index >= 15 is 0 Å². The Morgan fingerprint density at radius 3 is 2.47 bits per heavy atom. The molecular weight excluding hydrogens is 378 g/mol. The van der Waals surface area contributed by atoms with E-state index in [0.29, 0.717) is 10.0 Å². The van der Waals surface area contributed by atoms with E-state index in [4.69, 9.17) is 5.11 Å². The fourth-order valence-electron chi connectivity index (χ4n) is 1.56. The predicted octanol–water partition coefficient (Wildman–Crippen LogP) is 3.44. The van der Waals surface area contributed by atoms with Crippen LogP contribution in [0.3, 0.4) is 0 Å². The minimum absolute atomic E-state index is 0.0472. The third-order valence-corrected chi connectivity index (χ3v) is 3.87. The van der Waals surface area contributed by atoms with Gasteiger partial charge in [-0.2, -0.15) is 0 Å². The summed E-state index contributed by atoms with van der Waals surface area (Å²) in [6, 6.07) is 4.88. The second-order valence-corrected chi connectivity index (χ2v) is 6.32. The lowest BCUT2D eigenvalue weighted by molar-refractivity contribution is -0.137. The van der Waals surface area contributed by atoms with Crippen molar-refractivity contribution in [3.63, 3.8) is 0 Å². The van der Waals surface area contributed by atoms with Crippen LogP contribution in [0.5, 0.6) is 0 Å². The van der Waals surface area contributed by atoms with E-state index in [9.17, 15) is 9.59 Å². The maximum atomic E-state index is 12.2. The zero-order chi connectivity index (χ0) is 14.6. The molecule has 0 aliphatic rings. The second-order valence-electron chi connectivity index (χ2n) is 4.55. The van der Waals surface area contributed by atoms with Gasteiger partial charge in [-0.25, -0.2) is 0 Å². The number of carbonyl (C=O) groups excluding carboxylic acids is 1. The number of hydrogen-bond donors (Lipinski definition) is 2. The lowest BCUT2D eigenvalue weighted by Gasteiger charge is -2.21. The fourth-order valence-corrected chi connectivity index (χ4v) is 2.35. The van der Waals surface area contributed by atoms with Crippen molar-refractivity contribution < 1.29 is 14.7 Å². The summed E-state index contributed by atoms with van der Waals surface area (Å²) in [5, 5.41) is 11.6. The van der Waals surface area contributed by atoms with Gasteiger partial charge in [0.1, 0.15) is 0 Å². The number of rotatable bonds is 5. The number of halogens is 2. The second kappa shape index (κ2) is 7.05. The Balaban J connectivity index is 2.87. The molecule has 0 heterocycles. The molecule has 19 heavy (non-hydrogen) atoms. The molecule has 0 aliphatic heterocycles. The van der Waals surface area contributed by atoms with Crippen molar-refractivity contribution in [3.8, 4) is 0 Å². The maximum absolute atomic E-state index is 12.2. The van der Waals surface area contributed by atoms with Crippen LogP contribution in [-0.2, 0) is 4.79 Å². The van der Waals surface area contributed by atoms with Crippen LogP contribution in [0.15, 0.2) is 27.1 Å². The average molecular weight is 393 g/mol. The third kappa shape index (κ3) is 4.95. The first kappa shape index (κ1) is 16.2. The van der Waals surface area contributed by atoms with Crippen LogP contribution in [0.1, 0.15) is 30.6 Å². The maximum Gasteiger partial charge on any atom is 0.305 e. The molecule has 0 saturated heterocycles. The van der Waals surface area contributed by atoms with Crippen molar-refractivity contribution >= 4 is 43.7 Å². The summed E-state index contributed by atoms with van der Waals surface area (Å²) in [5.41, 5.74) is 0.477. The molecule has 0 fully saturated rings. The van der Waals surface area contributed by atoms with E-state index < -0.39 is 12.0 Å². The monoisotopic (exact) mass is 391 g/mol. The quantitative estimate of drug-likeness (QED) is 0.806. The SMILES string of the molecule is CC(C)C(CC(=O)O)NC(=O)c1cc(Br)ccc1Br. The number of hydrogen-bond acceptors (Lipinski definition) is 2. The van der Waals surface area contributed by atoms with Crippen molar-refractivity contribution in [2.45, 2.75) is 26.3 Å². The molecule has 2 N–H and O–H groups in total. The standard InChI is InChI=1S/C13H15Br2NO3/c1-7(2)11(6-12(17)18)16-13(19)9-5-8(14)3-4-10(9)15/h3-5,7,11H,6H2,1-2H3,(H,16,19)(H,17,18). The number of amides is 1. The van der Waals surface area contributed by atoms with Crippen LogP contribution in [0.2, 0.25) is 0 Å². The van der Waals surface area contributed by atoms with Gasteiger partial charge in [-0.15, -0.1) is 0 Å². The largest absolute Gasteiger partial charge is 0.481 e. The van der Waals surface area contributed by atoms with Gasteiger partial charge in [-0.05, 0) is 40.0 Å². The van der Waals surface area contributed by atoms with Crippen molar-refractivity contribution in [1.82, 2.24) is 5.32 Å². The average Bonchev–Trinajstić information content (AvgIpc) is 2.30. The van der Waals surface area contributed by atoms with Gasteiger partial charge in [0.15, 0.2) is 0 Å². The van der Waals surface area contributed by atoms with Crippen molar-refractivity contribution in [1.29, 1.82) is 0 Å². The first-order chi connectivity index (χ1) is 8.81. The highest BCUT2D eigenvalue weighted by Gasteiger charge is 2.21. The van der Waals surface area contributed by atoms with Crippen molar-refractivity contribution in [2.75, 3.05) is 0 Å². The molecule has 0 aliphatic carbocycles. The van der Waals surface area contributed by atoms with Gasteiger partial charge in [0.05, 0.1) is 12.0 Å². The van der Waals surface area contributed by atoms with Crippen LogP contribution in [0.4, 0.5) is 0 Å². The molecule has 0 spiro atoms. The van der Waals surface area contributed by atoms with E-state index in [2.05, 4.69) is 37.2 Å². The van der Waals surface area contributed by atoms with Crippen LogP contribution >= 0.6 is 31.9 Å². The molecule has 104 valence electrons. The van der Waals surface area contributed by atoms with E-state index in [0.717, 1.165) is 4.47 Å². The fraction of sp³-hybridized carbons (Fsp3) is 0.385. The number of carboxylic acids is 1. The van der Waals surface area contributed by atoms with E-state index in [1.54, 1.807) is 12.1 Å². The topological polar surface area (TPSA) is 66.4 Å². The van der Waals surface area contributed by atoms with Crippen LogP contribution in [-0.4, -0.2) is 23.0 Å². The van der Waals surface area contributed by atoms with Gasteiger partial charge in [0.25, 0.3) is 5.91 Å². The number of carboxylic acid groups (broad SMARTS) is 1. The van der Waals surface area contributed by atoms with Crippen molar-refractivity contribution in [2.24, 2.45) is 5.92 Å². The van der Waals surface area contributed by atoms with Gasteiger partial charge >= 0.3 is 5.97 Å². The Morgan fingerprint density at radius 1 is 1.32 bits per heavy atom. The van der Waals surface area contributed by atoms with Gasteiger partial charge in [-0.1, -0.05) is 29.8 Å². The summed E-state index contributed by atoms with van der Waals surface area (Å²) in [6.45, 7) is 3.76. The Labute approximate surface area is 128 Å². The molecule has 1 aromatic carbocycles. The Bertz CT molecular complexity index is 489. The van der Waals surface area contributed by atoms with Gasteiger partial charge in [0.2, 0.25) is 0 Å². The van der Waals surface area contributed by atoms with Crippen molar-refractivity contribution in [3.05, 3.63) is 32.7 Å². The molecule has 0 bridgehead atoms. The molecule has 0 saturated carbocycles. The number of aliphatic carboxylic acids is 1. The van der Waals surface area contributed by atoms with Crippen LogP contribution in [0, 0.1) is 5.92 Å². The molecule has 1 rings (SSSR count). The number of carbonyl (C=O) groups is 2. The minimum atomic E-state index is -0.924. The highest BCUT2D eigenvalue weighted by Crippen LogP contribution is 2.22. The molecule has 1 amide bonds. The molecule has 1 atom stereocenters. The highest BCUT2D eigenvalue weighted by atomic mass is 79.9. The van der Waals surface area contributed by atoms with Crippen LogP contribution in [0.25, 0.3) is 0 Å². The summed E-state index contributed by atoms with van der Waals surface area (Å²) in [6.07, 6.45) is -0.0883. The number of nitrogens with one attached hydrogen (secondary N) is 1. The number of benzene rings is 1. The lowest BCUT2D eigenvalue weighted by atomic mass is 10.0. The summed E-state index contributed by atoms with van der Waals surface area (Å²) >= 11 is 6.62.